The molecule has 0 bridgehead atoms. The molecule has 0 spiro atoms. The van der Waals surface area contributed by atoms with Crippen molar-refractivity contribution in [2.75, 3.05) is 51.4 Å². The number of nitrogens with two attached hydrogens (primary N) is 1. The van der Waals surface area contributed by atoms with E-state index >= 15 is 0 Å². The fraction of sp³-hybridized carbons (Fsp3) is 0.393. The van der Waals surface area contributed by atoms with Crippen LogP contribution in [-0.4, -0.2) is 87.5 Å². The van der Waals surface area contributed by atoms with Crippen LogP contribution in [0.25, 0.3) is 0 Å². The third kappa shape index (κ3) is 8.37. The number of likely N-dealkylation sites (tertiary alicyclic amines) is 1. The van der Waals surface area contributed by atoms with Crippen LogP contribution in [0.1, 0.15) is 19.8 Å². The maximum atomic E-state index is 13.1. The number of rotatable bonds is 12. The van der Waals surface area contributed by atoms with Gasteiger partial charge in [-0.15, -0.1) is 0 Å². The van der Waals surface area contributed by atoms with Gasteiger partial charge in [-0.2, -0.15) is 5.10 Å². The van der Waals surface area contributed by atoms with Crippen molar-refractivity contribution in [1.29, 1.82) is 0 Å². The second-order valence-electron chi connectivity index (χ2n) is 8.90. The highest BCUT2D eigenvalue weighted by molar-refractivity contribution is 6.31. The van der Waals surface area contributed by atoms with Crippen molar-refractivity contribution in [1.82, 2.24) is 10.2 Å². The molecule has 208 valence electrons. The summed E-state index contributed by atoms with van der Waals surface area (Å²) in [5.74, 6) is 5.05. The molecule has 2 aliphatic heterocycles. The van der Waals surface area contributed by atoms with Crippen LogP contribution in [0.15, 0.2) is 70.0 Å². The molecule has 1 unspecified atom stereocenters. The van der Waals surface area contributed by atoms with Crippen molar-refractivity contribution >= 4 is 41.4 Å². The van der Waals surface area contributed by atoms with Crippen molar-refractivity contribution in [2.45, 2.75) is 25.8 Å². The van der Waals surface area contributed by atoms with E-state index in [1.165, 1.54) is 24.4 Å². The van der Waals surface area contributed by atoms with Gasteiger partial charge in [-0.3, -0.25) is 14.6 Å². The quantitative estimate of drug-likeness (QED) is 0.104. The summed E-state index contributed by atoms with van der Waals surface area (Å²) in [4.78, 5) is 44.6. The average Bonchev–Trinajstić information content (AvgIpc) is 3.28. The zero-order chi connectivity index (χ0) is 28.0. The van der Waals surface area contributed by atoms with Crippen molar-refractivity contribution in [2.24, 2.45) is 15.9 Å². The molecule has 2 heterocycles. The van der Waals surface area contributed by atoms with Crippen molar-refractivity contribution in [3.05, 3.63) is 59.9 Å². The number of amides is 2. The van der Waals surface area contributed by atoms with Gasteiger partial charge < -0.3 is 35.2 Å². The van der Waals surface area contributed by atoms with Gasteiger partial charge >= 0.3 is 0 Å². The molecule has 11 nitrogen and oxygen atoms in total. The summed E-state index contributed by atoms with van der Waals surface area (Å²) in [6.45, 7) is 5.22. The monoisotopic (exact) mass is 536 g/mol. The lowest BCUT2D eigenvalue weighted by molar-refractivity contribution is -0.131. The fourth-order valence-corrected chi connectivity index (χ4v) is 4.13. The van der Waals surface area contributed by atoms with Gasteiger partial charge in [0.25, 0.3) is 5.91 Å². The van der Waals surface area contributed by atoms with Crippen LogP contribution in [0.5, 0.6) is 0 Å². The Bertz CT molecular complexity index is 1150. The zero-order valence-corrected chi connectivity index (χ0v) is 22.4. The summed E-state index contributed by atoms with van der Waals surface area (Å²) in [5, 5.41) is 6.27. The largest absolute Gasteiger partial charge is 0.494 e. The molecule has 0 aliphatic carbocycles. The second-order valence-corrected chi connectivity index (χ2v) is 8.90. The van der Waals surface area contributed by atoms with E-state index in [1.807, 2.05) is 31.2 Å². The average molecular weight is 537 g/mol. The molecule has 2 fully saturated rings. The molecule has 11 heteroatoms. The van der Waals surface area contributed by atoms with E-state index < -0.39 is 6.04 Å². The van der Waals surface area contributed by atoms with Crippen LogP contribution in [0, 0.1) is 0 Å². The minimum Gasteiger partial charge on any atom is -0.494 e. The molecule has 1 aromatic rings. The Balaban J connectivity index is 1.63. The number of allylic oxidation sites excluding steroid dienone is 3. The number of aliphatic imine (C=N–C) groups is 1. The molecule has 3 rings (SSSR count). The summed E-state index contributed by atoms with van der Waals surface area (Å²) in [6, 6.07) is 7.14. The molecule has 2 aliphatic rings. The number of ether oxygens (including phenoxy) is 2. The first kappa shape index (κ1) is 29.3. The van der Waals surface area contributed by atoms with Crippen LogP contribution in [-0.2, 0) is 23.9 Å². The zero-order valence-electron chi connectivity index (χ0n) is 22.4. The highest BCUT2D eigenvalue weighted by Gasteiger charge is 2.35. The van der Waals surface area contributed by atoms with Crippen LogP contribution in [0.2, 0.25) is 0 Å². The van der Waals surface area contributed by atoms with Crippen molar-refractivity contribution in [3.63, 3.8) is 0 Å². The molecule has 0 aromatic heterocycles. The van der Waals surface area contributed by atoms with E-state index in [1.54, 1.807) is 18.2 Å². The number of nitrogens with zero attached hydrogens (tertiary/aromatic N) is 4. The molecular weight excluding hydrogens is 500 g/mol. The maximum absolute atomic E-state index is 13.1. The number of carbonyl (C=O) groups excluding carboxylic acids is 3. The highest BCUT2D eigenvalue weighted by Crippen LogP contribution is 2.27. The molecule has 3 N–H and O–H groups in total. The summed E-state index contributed by atoms with van der Waals surface area (Å²) < 4.78 is 11.1. The SMILES string of the molecule is C\C=C/C=C1/C(=O)N(C(C=O)CCC(=O)NC)C/C1=C\OCC(C=Nc1ccc(N2CCOCC2)cc1)=NN. The van der Waals surface area contributed by atoms with Gasteiger partial charge in [0.15, 0.2) is 0 Å². The molecule has 0 radical (unpaired) electrons. The summed E-state index contributed by atoms with van der Waals surface area (Å²) in [5.41, 5.74) is 3.29. The molecule has 2 saturated heterocycles. The Labute approximate surface area is 228 Å². The molecule has 39 heavy (non-hydrogen) atoms. The Morgan fingerprint density at radius 3 is 2.64 bits per heavy atom. The summed E-state index contributed by atoms with van der Waals surface area (Å²) in [6.07, 6.45) is 9.30. The van der Waals surface area contributed by atoms with Gasteiger partial charge in [-0.25, -0.2) is 0 Å². The molecule has 2 amide bonds. The Morgan fingerprint density at radius 1 is 1.26 bits per heavy atom. The topological polar surface area (TPSA) is 139 Å². The van der Waals surface area contributed by atoms with E-state index in [4.69, 9.17) is 15.3 Å². The van der Waals surface area contributed by atoms with Crippen LogP contribution >= 0.6 is 0 Å². The molecular formula is C28H36N6O5. The van der Waals surface area contributed by atoms with E-state index in [2.05, 4.69) is 20.3 Å². The van der Waals surface area contributed by atoms with E-state index in [-0.39, 0.29) is 37.8 Å². The third-order valence-electron chi connectivity index (χ3n) is 6.35. The first-order valence-corrected chi connectivity index (χ1v) is 12.8. The predicted octanol–water partition coefficient (Wildman–Crippen LogP) is 1.88. The summed E-state index contributed by atoms with van der Waals surface area (Å²) >= 11 is 0. The number of benzene rings is 1. The lowest BCUT2D eigenvalue weighted by atomic mass is 10.1. The van der Waals surface area contributed by atoms with E-state index in [9.17, 15) is 14.4 Å². The lowest BCUT2D eigenvalue weighted by Crippen LogP contribution is -2.38. The third-order valence-corrected chi connectivity index (χ3v) is 6.35. The van der Waals surface area contributed by atoms with E-state index in [0.717, 1.165) is 37.7 Å². The number of hydrazone groups is 1. The minimum atomic E-state index is -0.724. The van der Waals surface area contributed by atoms with Crippen molar-refractivity contribution < 1.29 is 23.9 Å². The van der Waals surface area contributed by atoms with Gasteiger partial charge in [0.2, 0.25) is 5.91 Å². The Kier molecular flexibility index (Phi) is 11.4. The fourth-order valence-electron chi connectivity index (χ4n) is 4.13. The number of hydrogen-bond donors (Lipinski definition) is 2. The standard InChI is InChI=1S/C28H36N6O5/c1-3-4-5-26-21(17-34(28(26)37)25(18-35)10-11-27(36)30-2)19-39-20-23(32-29)16-31-22-6-8-24(9-7-22)33-12-14-38-15-13-33/h3-9,16,18-19,25H,10-15,17,20,29H2,1-2H3,(H,30,36)/b4-3-,21-19+,26-5+,31-16?,32-23?. The van der Waals surface area contributed by atoms with Gasteiger partial charge in [-0.1, -0.05) is 12.2 Å². The first-order valence-electron chi connectivity index (χ1n) is 12.8. The van der Waals surface area contributed by atoms with Crippen LogP contribution < -0.4 is 16.1 Å². The van der Waals surface area contributed by atoms with Crippen LogP contribution in [0.4, 0.5) is 11.4 Å². The molecule has 0 saturated carbocycles. The van der Waals surface area contributed by atoms with Gasteiger partial charge in [0, 0.05) is 43.4 Å². The number of morpholine rings is 1. The smallest absolute Gasteiger partial charge is 0.255 e. The van der Waals surface area contributed by atoms with Gasteiger partial charge in [0.05, 0.1) is 44.0 Å². The minimum absolute atomic E-state index is 0.0359. The first-order chi connectivity index (χ1) is 19.0. The predicted molar refractivity (Wildman–Crippen MR) is 151 cm³/mol. The number of nitrogens with one attached hydrogen (secondary N) is 1. The number of anilines is 1. The highest BCUT2D eigenvalue weighted by atomic mass is 16.5. The number of hydrogen-bond acceptors (Lipinski definition) is 9. The maximum Gasteiger partial charge on any atom is 0.255 e. The van der Waals surface area contributed by atoms with Gasteiger partial charge in [-0.05, 0) is 43.7 Å². The van der Waals surface area contributed by atoms with Crippen LogP contribution in [0.3, 0.4) is 0 Å². The van der Waals surface area contributed by atoms with Crippen molar-refractivity contribution in [3.8, 4) is 0 Å². The normalized spacial score (nSPS) is 19.4. The van der Waals surface area contributed by atoms with E-state index in [0.29, 0.717) is 23.1 Å². The Morgan fingerprint density at radius 2 is 2.00 bits per heavy atom. The second kappa shape index (κ2) is 15.2. The van der Waals surface area contributed by atoms with Gasteiger partial charge in [0.1, 0.15) is 18.6 Å². The lowest BCUT2D eigenvalue weighted by Gasteiger charge is -2.28. The number of aldehydes is 1. The molecule has 1 aromatic carbocycles. The number of carbonyl (C=O) groups is 3. The summed E-state index contributed by atoms with van der Waals surface area (Å²) in [7, 11) is 1.53. The Hall–Kier alpha value is -4.25. The molecule has 1 atom stereocenters.